The number of benzene rings is 1. The molecule has 0 bridgehead atoms. The maximum atomic E-state index is 9.76. The van der Waals surface area contributed by atoms with E-state index in [0.717, 1.165) is 26.1 Å². The molecule has 0 aliphatic carbocycles. The van der Waals surface area contributed by atoms with E-state index in [1.165, 1.54) is 36.7 Å². The van der Waals surface area contributed by atoms with Crippen LogP contribution in [-0.2, 0) is 6.54 Å². The fourth-order valence-electron chi connectivity index (χ4n) is 3.34. The number of nitrogens with two attached hydrogens (primary N) is 1. The first-order valence-electron chi connectivity index (χ1n) is 9.09. The van der Waals surface area contributed by atoms with Gasteiger partial charge in [-0.1, -0.05) is 0 Å². The number of hydrogen-bond donors (Lipinski definition) is 4. The highest BCUT2D eigenvalue weighted by Crippen LogP contribution is 2.40. The molecule has 0 unspecified atom stereocenters. The van der Waals surface area contributed by atoms with Gasteiger partial charge in [-0.05, 0) is 78.1 Å². The number of aromatic hydroxyl groups is 2. The van der Waals surface area contributed by atoms with Crippen LogP contribution >= 0.6 is 27.7 Å². The number of anilines is 1. The molecular formula is C18H21BrN6O2S. The number of rotatable bonds is 5. The number of nitrogens with zero attached hydrogens (tertiary/aromatic N) is 4. The van der Waals surface area contributed by atoms with Crippen molar-refractivity contribution in [1.82, 2.24) is 24.8 Å². The van der Waals surface area contributed by atoms with Gasteiger partial charge in [-0.2, -0.15) is 0 Å². The van der Waals surface area contributed by atoms with E-state index in [2.05, 4.69) is 36.2 Å². The number of nitrogen functional groups attached to an aromatic ring is 1. The Hall–Kier alpha value is -2.04. The molecule has 0 aromatic heterocycles. The standard InChI is InChI=1S/C18H21BrN6O2S/c19-11-7-12(26)13(27)8-14(11)28-18-23-15-16(20)22-9-25(17(15)24-18)6-3-10-1-4-21-5-2-10/h7-10,21,26-27H,1-6,20H2. The average molecular weight is 465 g/mol. The summed E-state index contributed by atoms with van der Waals surface area (Å²) in [6.45, 7) is 2.98. The van der Waals surface area contributed by atoms with Gasteiger partial charge in [0.2, 0.25) is 0 Å². The molecule has 0 atom stereocenters. The van der Waals surface area contributed by atoms with E-state index in [9.17, 15) is 10.2 Å². The average Bonchev–Trinajstić information content (AvgIpc) is 3.11. The topological polar surface area (TPSA) is 122 Å². The first-order chi connectivity index (χ1) is 13.5. The van der Waals surface area contributed by atoms with E-state index in [1.807, 2.05) is 4.57 Å². The quantitative estimate of drug-likeness (QED) is 0.424. The van der Waals surface area contributed by atoms with E-state index >= 15 is 0 Å². The molecule has 4 rings (SSSR count). The Morgan fingerprint density at radius 1 is 1.21 bits per heavy atom. The number of aryl methyl sites for hydroxylation is 1. The molecule has 1 saturated heterocycles. The Labute approximate surface area is 175 Å². The van der Waals surface area contributed by atoms with Gasteiger partial charge in [-0.25, -0.2) is 15.0 Å². The van der Waals surface area contributed by atoms with Crippen molar-refractivity contribution >= 4 is 33.5 Å². The third-order valence-electron chi connectivity index (χ3n) is 4.94. The fraction of sp³-hybridized carbons (Fsp3) is 0.389. The van der Waals surface area contributed by atoms with Crippen LogP contribution in [0.2, 0.25) is 0 Å². The third-order valence-corrected chi connectivity index (χ3v) is 6.78. The second-order valence-electron chi connectivity index (χ2n) is 6.86. The smallest absolute Gasteiger partial charge is 0.195 e. The van der Waals surface area contributed by atoms with Crippen LogP contribution in [0.4, 0.5) is 5.82 Å². The predicted molar refractivity (Wildman–Crippen MR) is 111 cm³/mol. The van der Waals surface area contributed by atoms with Gasteiger partial charge in [-0.3, -0.25) is 0 Å². The van der Waals surface area contributed by atoms with Crippen molar-refractivity contribution in [2.24, 2.45) is 5.92 Å². The molecule has 3 heterocycles. The summed E-state index contributed by atoms with van der Waals surface area (Å²) in [5.41, 5.74) is 6.60. The molecule has 0 saturated carbocycles. The summed E-state index contributed by atoms with van der Waals surface area (Å²) >= 11 is 4.67. The number of nitrogens with one attached hydrogen (secondary N) is 1. The number of imidazole rings is 1. The lowest BCUT2D eigenvalue weighted by Gasteiger charge is -2.23. The molecule has 0 spiro atoms. The maximum Gasteiger partial charge on any atom is 0.195 e. The molecule has 3 aliphatic heterocycles. The van der Waals surface area contributed by atoms with Gasteiger partial charge in [0, 0.05) is 15.9 Å². The molecular weight excluding hydrogens is 444 g/mol. The van der Waals surface area contributed by atoms with Crippen LogP contribution in [-0.4, -0.2) is 42.8 Å². The van der Waals surface area contributed by atoms with E-state index in [0.29, 0.717) is 37.8 Å². The Kier molecular flexibility index (Phi) is 5.61. The summed E-state index contributed by atoms with van der Waals surface area (Å²) in [6, 6.07) is 2.91. The minimum absolute atomic E-state index is 0.186. The van der Waals surface area contributed by atoms with Crippen molar-refractivity contribution in [3.8, 4) is 23.0 Å². The molecule has 1 fully saturated rings. The number of aromatic nitrogens is 4. The first-order valence-corrected chi connectivity index (χ1v) is 10.7. The van der Waals surface area contributed by atoms with Gasteiger partial charge in [0.15, 0.2) is 34.0 Å². The number of hydrogen-bond acceptors (Lipinski definition) is 8. The highest BCUT2D eigenvalue weighted by atomic mass is 79.9. The summed E-state index contributed by atoms with van der Waals surface area (Å²) < 4.78 is 2.65. The number of piperidine rings is 1. The molecule has 8 nitrogen and oxygen atoms in total. The molecule has 1 aromatic carbocycles. The minimum Gasteiger partial charge on any atom is -0.504 e. The first kappa shape index (κ1) is 19.3. The lowest BCUT2D eigenvalue weighted by molar-refractivity contribution is 0.337. The van der Waals surface area contributed by atoms with Gasteiger partial charge in [0.05, 0.1) is 6.33 Å². The molecule has 0 radical (unpaired) electrons. The number of phenols is 2. The zero-order valence-corrected chi connectivity index (χ0v) is 17.5. The summed E-state index contributed by atoms with van der Waals surface area (Å²) in [4.78, 5) is 14.1. The van der Waals surface area contributed by atoms with Crippen molar-refractivity contribution in [1.29, 1.82) is 0 Å². The predicted octanol–water partition coefficient (Wildman–Crippen LogP) is 3.07. The highest BCUT2D eigenvalue weighted by molar-refractivity contribution is 9.10. The molecule has 10 heteroatoms. The molecule has 5 N–H and O–H groups in total. The van der Waals surface area contributed by atoms with Crippen molar-refractivity contribution in [3.05, 3.63) is 22.9 Å². The van der Waals surface area contributed by atoms with Crippen LogP contribution in [0.5, 0.6) is 11.5 Å². The van der Waals surface area contributed by atoms with Crippen LogP contribution in [0.15, 0.2) is 33.0 Å². The summed E-state index contributed by atoms with van der Waals surface area (Å²) in [6.07, 6.45) is 5.18. The number of fused-ring (bicyclic) bond motifs is 1. The van der Waals surface area contributed by atoms with Gasteiger partial charge < -0.3 is 25.8 Å². The summed E-state index contributed by atoms with van der Waals surface area (Å²) in [5, 5.41) is 23.3. The van der Waals surface area contributed by atoms with Crippen LogP contribution in [0, 0.1) is 5.92 Å². The second kappa shape index (κ2) is 8.14. The number of phenolic OH excluding ortho intramolecular Hbond substituents is 2. The number of halogens is 1. The van der Waals surface area contributed by atoms with Crippen molar-refractivity contribution < 1.29 is 10.2 Å². The maximum absolute atomic E-state index is 9.76. The fourth-order valence-corrected chi connectivity index (χ4v) is 4.71. The van der Waals surface area contributed by atoms with Gasteiger partial charge in [0.25, 0.3) is 0 Å². The Bertz CT molecular complexity index is 960. The van der Waals surface area contributed by atoms with E-state index in [1.54, 1.807) is 6.33 Å². The van der Waals surface area contributed by atoms with Gasteiger partial charge in [-0.15, -0.1) is 0 Å². The molecule has 28 heavy (non-hydrogen) atoms. The lowest BCUT2D eigenvalue weighted by Crippen LogP contribution is -2.28. The van der Waals surface area contributed by atoms with Crippen LogP contribution in [0.3, 0.4) is 0 Å². The Morgan fingerprint density at radius 3 is 2.75 bits per heavy atom. The normalized spacial score (nSPS) is 15.3. The molecule has 148 valence electrons. The molecule has 1 aromatic rings. The van der Waals surface area contributed by atoms with Gasteiger partial charge in [0.1, 0.15) is 0 Å². The summed E-state index contributed by atoms with van der Waals surface area (Å²) in [7, 11) is 0. The third kappa shape index (κ3) is 4.03. The highest BCUT2D eigenvalue weighted by Gasteiger charge is 2.21. The van der Waals surface area contributed by atoms with E-state index in [-0.39, 0.29) is 11.5 Å². The van der Waals surface area contributed by atoms with Crippen molar-refractivity contribution in [3.63, 3.8) is 0 Å². The second-order valence-corrected chi connectivity index (χ2v) is 8.72. The lowest BCUT2D eigenvalue weighted by atomic mass is 9.95. The van der Waals surface area contributed by atoms with Crippen molar-refractivity contribution in [2.45, 2.75) is 35.9 Å². The summed E-state index contributed by atoms with van der Waals surface area (Å²) in [5.74, 6) is 1.38. The molecule has 3 aliphatic rings. The van der Waals surface area contributed by atoms with E-state index < -0.39 is 0 Å². The largest absolute Gasteiger partial charge is 0.504 e. The monoisotopic (exact) mass is 464 g/mol. The zero-order chi connectivity index (χ0) is 19.7. The van der Waals surface area contributed by atoms with Crippen LogP contribution in [0.25, 0.3) is 11.5 Å². The van der Waals surface area contributed by atoms with E-state index in [4.69, 9.17) is 5.73 Å². The van der Waals surface area contributed by atoms with Crippen LogP contribution < -0.4 is 11.1 Å². The van der Waals surface area contributed by atoms with Crippen LogP contribution in [0.1, 0.15) is 19.3 Å². The minimum atomic E-state index is -0.194. The SMILES string of the molecule is Nc1ncn(CCC2CCNCC2)c2nc(Sc3cc(O)c(O)cc3Br)nc1-2. The zero-order valence-electron chi connectivity index (χ0n) is 15.1. The molecule has 0 amide bonds. The van der Waals surface area contributed by atoms with Gasteiger partial charge >= 0.3 is 0 Å². The van der Waals surface area contributed by atoms with Crippen molar-refractivity contribution in [2.75, 3.05) is 18.8 Å². The Balaban J connectivity index is 1.58. The Morgan fingerprint density at radius 2 is 1.96 bits per heavy atom.